The summed E-state index contributed by atoms with van der Waals surface area (Å²) in [5.41, 5.74) is 6.85. The molecule has 3 aromatic carbocycles. The molecule has 0 spiro atoms. The topological polar surface area (TPSA) is 129 Å². The van der Waals surface area contributed by atoms with Gasteiger partial charge in [-0.15, -0.1) is 0 Å². The Morgan fingerprint density at radius 1 is 0.868 bits per heavy atom. The molecule has 4 heterocycles. The first kappa shape index (κ1) is 35.8. The predicted octanol–water partition coefficient (Wildman–Crippen LogP) is 7.75. The number of rotatable bonds is 12. The van der Waals surface area contributed by atoms with Gasteiger partial charge in [-0.25, -0.2) is 15.0 Å². The Morgan fingerprint density at radius 2 is 1.57 bits per heavy atom. The van der Waals surface area contributed by atoms with Gasteiger partial charge in [0.1, 0.15) is 11.6 Å². The number of amides is 2. The zero-order chi connectivity index (χ0) is 36.9. The Hall–Kier alpha value is -5.55. The quantitative estimate of drug-likeness (QED) is 0.0589. The third-order valence-corrected chi connectivity index (χ3v) is 10.7. The van der Waals surface area contributed by atoms with Crippen molar-refractivity contribution in [3.8, 4) is 33.6 Å². The number of aromatic nitrogens is 4. The van der Waals surface area contributed by atoms with Crippen LogP contribution in [-0.4, -0.2) is 74.7 Å². The molecule has 2 fully saturated rings. The summed E-state index contributed by atoms with van der Waals surface area (Å²) in [4.78, 5) is 61.0. The van der Waals surface area contributed by atoms with Crippen molar-refractivity contribution in [2.75, 3.05) is 26.7 Å². The van der Waals surface area contributed by atoms with Crippen LogP contribution in [0.2, 0.25) is 0 Å². The van der Waals surface area contributed by atoms with Crippen LogP contribution >= 0.6 is 0 Å². The average molecular weight is 714 g/mol. The van der Waals surface area contributed by atoms with Gasteiger partial charge in [-0.05, 0) is 47.4 Å². The normalized spacial score (nSPS) is 18.6. The number of imidazole rings is 2. The first-order valence-corrected chi connectivity index (χ1v) is 18.5. The number of carbonyl (C=O) groups excluding carboxylic acids is 2. The third-order valence-electron chi connectivity index (χ3n) is 10.7. The fraction of sp³-hybridized carbons (Fsp3) is 0.357. The monoisotopic (exact) mass is 713 g/mol. The minimum absolute atomic E-state index is 0.0314. The van der Waals surface area contributed by atoms with Crippen LogP contribution in [0.15, 0.2) is 96.2 Å². The van der Waals surface area contributed by atoms with Crippen LogP contribution in [0.5, 0.6) is 0 Å². The molecule has 2 amide bonds. The zero-order valence-electron chi connectivity index (χ0n) is 30.7. The Bertz CT molecular complexity index is 2020. The van der Waals surface area contributed by atoms with Crippen molar-refractivity contribution in [2.24, 2.45) is 16.8 Å². The van der Waals surface area contributed by atoms with Crippen LogP contribution in [0.25, 0.3) is 33.6 Å². The van der Waals surface area contributed by atoms with Crippen LogP contribution in [-0.2, 0) is 19.4 Å². The van der Waals surface area contributed by atoms with Crippen molar-refractivity contribution < 1.29 is 19.4 Å². The molecule has 11 nitrogen and oxygen atoms in total. The minimum Gasteiger partial charge on any atom is -0.346 e. The summed E-state index contributed by atoms with van der Waals surface area (Å²) >= 11 is 0. The summed E-state index contributed by atoms with van der Waals surface area (Å²) in [6.45, 7) is 8.35. The number of H-pyrrole nitrogens is 2. The van der Waals surface area contributed by atoms with Gasteiger partial charge in [-0.2, -0.15) is 4.89 Å². The number of likely N-dealkylation sites (tertiary alicyclic amines) is 2. The number of hydrogen-bond donors (Lipinski definition) is 2. The molecule has 7 rings (SSSR count). The summed E-state index contributed by atoms with van der Waals surface area (Å²) in [6, 6.07) is 25.4. The maximum Gasteiger partial charge on any atom is 0.252 e. The highest BCUT2D eigenvalue weighted by molar-refractivity contribution is 5.85. The van der Waals surface area contributed by atoms with Crippen LogP contribution in [0.3, 0.4) is 0 Å². The van der Waals surface area contributed by atoms with E-state index in [9.17, 15) is 9.59 Å². The maximum atomic E-state index is 13.9. The molecule has 0 bridgehead atoms. The van der Waals surface area contributed by atoms with Gasteiger partial charge in [0.25, 0.3) is 5.91 Å². The first-order chi connectivity index (χ1) is 25.8. The molecule has 274 valence electrons. The lowest BCUT2D eigenvalue weighted by Crippen LogP contribution is -2.35. The number of aromatic amines is 2. The lowest BCUT2D eigenvalue weighted by atomic mass is 9.97. The van der Waals surface area contributed by atoms with Crippen LogP contribution in [0.4, 0.5) is 0 Å². The standard InChI is InChI=1S/C42H47N7O4/c1-27(2)28(3)41(50)48-22-20-34(25-48)39-43-23-35(46-39)31-16-12-29(13-17-31)30-14-18-32(19-15-30)36-24-44-40(47-36)37-11-8-21-49(37)42(51)38(45-26-53-52-4)33-9-6-5-7-10-33/h5-7,9-10,12-19,23-24,26-28,34,37-38H,8,11,20-22,25H2,1-4H3,(H,43,46)(H,44,47)/b45-26+/t28-,34-,37-,38+/m0/s1. The molecule has 2 saturated heterocycles. The van der Waals surface area contributed by atoms with E-state index in [0.29, 0.717) is 19.0 Å². The number of hydrogen-bond acceptors (Lipinski definition) is 7. The van der Waals surface area contributed by atoms with Crippen molar-refractivity contribution in [3.63, 3.8) is 0 Å². The number of carbonyl (C=O) groups is 2. The van der Waals surface area contributed by atoms with Gasteiger partial charge in [0, 0.05) is 43.2 Å². The maximum absolute atomic E-state index is 13.9. The smallest absolute Gasteiger partial charge is 0.252 e. The van der Waals surface area contributed by atoms with Crippen LogP contribution in [0, 0.1) is 11.8 Å². The van der Waals surface area contributed by atoms with Gasteiger partial charge >= 0.3 is 0 Å². The first-order valence-electron chi connectivity index (χ1n) is 18.5. The second-order valence-electron chi connectivity index (χ2n) is 14.3. The molecule has 2 aliphatic rings. The predicted molar refractivity (Wildman–Crippen MR) is 204 cm³/mol. The SMILES string of the molecule is COO/C=N/[C@@H](C(=O)N1CCC[C@H]1c1nc(-c2ccc(-c3ccc(-c4cnc([C@H]5CCN(C(=O)[C@@H](C)C(C)C)C5)[nH]4)cc3)cc2)c[nH]1)c1ccccc1. The molecule has 4 atom stereocenters. The minimum atomic E-state index is -0.750. The second-order valence-corrected chi connectivity index (χ2v) is 14.3. The molecular weight excluding hydrogens is 667 g/mol. The van der Waals surface area contributed by atoms with E-state index in [-0.39, 0.29) is 29.7 Å². The van der Waals surface area contributed by atoms with E-state index >= 15 is 0 Å². The highest BCUT2D eigenvalue weighted by Crippen LogP contribution is 2.36. The van der Waals surface area contributed by atoms with E-state index in [1.807, 2.05) is 59.4 Å². The lowest BCUT2D eigenvalue weighted by molar-refractivity contribution is -0.188. The Balaban J connectivity index is 0.994. The summed E-state index contributed by atoms with van der Waals surface area (Å²) in [5.74, 6) is 2.42. The van der Waals surface area contributed by atoms with E-state index < -0.39 is 6.04 Å². The molecule has 0 aliphatic carbocycles. The molecule has 2 aliphatic heterocycles. The van der Waals surface area contributed by atoms with Gasteiger partial charge in [0.05, 0.1) is 30.7 Å². The van der Waals surface area contributed by atoms with Gasteiger partial charge in [-0.3, -0.25) is 9.59 Å². The van der Waals surface area contributed by atoms with Crippen LogP contribution < -0.4 is 0 Å². The highest BCUT2D eigenvalue weighted by Gasteiger charge is 2.36. The number of benzene rings is 3. The van der Waals surface area contributed by atoms with Gasteiger partial charge < -0.3 is 24.7 Å². The van der Waals surface area contributed by atoms with Crippen molar-refractivity contribution >= 4 is 18.2 Å². The molecule has 0 unspecified atom stereocenters. The molecule has 11 heteroatoms. The molecule has 2 aromatic heterocycles. The van der Waals surface area contributed by atoms with E-state index in [1.54, 1.807) is 0 Å². The lowest BCUT2D eigenvalue weighted by Gasteiger charge is -2.26. The molecule has 0 saturated carbocycles. The molecule has 2 N–H and O–H groups in total. The van der Waals surface area contributed by atoms with Gasteiger partial charge in [-0.1, -0.05) is 99.6 Å². The summed E-state index contributed by atoms with van der Waals surface area (Å²) in [5, 5.41) is 0. The number of aliphatic imine (C=N–C) groups is 1. The average Bonchev–Trinajstić information content (AvgIpc) is 4.03. The van der Waals surface area contributed by atoms with E-state index in [0.717, 1.165) is 76.7 Å². The van der Waals surface area contributed by atoms with Gasteiger partial charge in [0.2, 0.25) is 12.3 Å². The molecule has 5 aromatic rings. The highest BCUT2D eigenvalue weighted by atomic mass is 17.2. The number of nitrogens with zero attached hydrogens (tertiary/aromatic N) is 5. The number of nitrogens with one attached hydrogen (secondary N) is 2. The van der Waals surface area contributed by atoms with Crippen molar-refractivity contribution in [2.45, 2.75) is 58.0 Å². The zero-order valence-corrected chi connectivity index (χ0v) is 30.7. The van der Waals surface area contributed by atoms with Crippen molar-refractivity contribution in [1.82, 2.24) is 29.7 Å². The third kappa shape index (κ3) is 7.80. The molecule has 53 heavy (non-hydrogen) atoms. The second kappa shape index (κ2) is 16.0. The fourth-order valence-electron chi connectivity index (χ4n) is 7.31. The molecular formula is C42H47N7O4. The Kier molecular flexibility index (Phi) is 10.8. The molecule has 0 radical (unpaired) electrons. The van der Waals surface area contributed by atoms with Crippen LogP contribution in [0.1, 0.15) is 75.2 Å². The summed E-state index contributed by atoms with van der Waals surface area (Å²) in [6.07, 6.45) is 7.58. The fourth-order valence-corrected chi connectivity index (χ4v) is 7.31. The van der Waals surface area contributed by atoms with E-state index in [1.165, 1.54) is 13.5 Å². The van der Waals surface area contributed by atoms with Gasteiger partial charge in [0.15, 0.2) is 6.04 Å². The largest absolute Gasteiger partial charge is 0.346 e. The van der Waals surface area contributed by atoms with E-state index in [2.05, 4.69) is 82.2 Å². The summed E-state index contributed by atoms with van der Waals surface area (Å²) < 4.78 is 0. The Morgan fingerprint density at radius 3 is 2.26 bits per heavy atom. The van der Waals surface area contributed by atoms with Crippen molar-refractivity contribution in [3.05, 3.63) is 108 Å². The Labute approximate surface area is 310 Å². The van der Waals surface area contributed by atoms with E-state index in [4.69, 9.17) is 14.9 Å². The van der Waals surface area contributed by atoms with Crippen molar-refractivity contribution in [1.29, 1.82) is 0 Å². The summed E-state index contributed by atoms with van der Waals surface area (Å²) in [7, 11) is 1.39.